The quantitative estimate of drug-likeness (QED) is 0.653. The molecule has 0 heterocycles. The van der Waals surface area contributed by atoms with Crippen LogP contribution in [0.1, 0.15) is 11.1 Å². The van der Waals surface area contributed by atoms with Crippen LogP contribution in [0.25, 0.3) is 0 Å². The van der Waals surface area contributed by atoms with Gasteiger partial charge in [0.1, 0.15) is 11.0 Å². The Morgan fingerprint density at radius 3 is 2.48 bits per heavy atom. The number of hydrogen-bond donors (Lipinski definition) is 3. The first-order valence-electron chi connectivity index (χ1n) is 5.98. The number of benzene rings is 1. The molecule has 1 rings (SSSR count). The van der Waals surface area contributed by atoms with Crippen molar-refractivity contribution in [3.05, 3.63) is 45.7 Å². The molecule has 116 valence electrons. The zero-order chi connectivity index (χ0) is 16.0. The van der Waals surface area contributed by atoms with Crippen LogP contribution in [0.3, 0.4) is 0 Å². The third-order valence-electron chi connectivity index (χ3n) is 2.68. The SMILES string of the molecule is CN/C(NCCc1ccccc1C(F)(F)F)=C(/Br)C(=N)Cl. The first-order valence-corrected chi connectivity index (χ1v) is 7.15. The van der Waals surface area contributed by atoms with E-state index in [1.165, 1.54) is 12.1 Å². The second kappa shape index (κ2) is 7.70. The molecule has 3 nitrogen and oxygen atoms in total. The van der Waals surface area contributed by atoms with Gasteiger partial charge in [-0.2, -0.15) is 13.2 Å². The Morgan fingerprint density at radius 2 is 1.95 bits per heavy atom. The van der Waals surface area contributed by atoms with Gasteiger partial charge in [-0.15, -0.1) is 0 Å². The molecule has 0 aliphatic rings. The zero-order valence-corrected chi connectivity index (χ0v) is 13.5. The standard InChI is InChI=1S/C13H14BrClF3N3/c1-20-12(10(14)11(15)19)21-7-6-8-4-2-3-5-9(8)13(16,17)18/h2-5,19-21H,6-7H2,1H3/b12-10-,19-11?. The number of hydrogen-bond acceptors (Lipinski definition) is 3. The third-order valence-corrected chi connectivity index (χ3v) is 3.89. The van der Waals surface area contributed by atoms with Gasteiger partial charge in [0.05, 0.1) is 10.0 Å². The van der Waals surface area contributed by atoms with Crippen LogP contribution in [0, 0.1) is 5.41 Å². The fourth-order valence-electron chi connectivity index (χ4n) is 1.72. The van der Waals surface area contributed by atoms with E-state index in [0.29, 0.717) is 10.3 Å². The van der Waals surface area contributed by atoms with Gasteiger partial charge in [0.25, 0.3) is 0 Å². The van der Waals surface area contributed by atoms with Crippen molar-refractivity contribution in [2.45, 2.75) is 12.6 Å². The van der Waals surface area contributed by atoms with E-state index in [1.54, 1.807) is 13.1 Å². The largest absolute Gasteiger partial charge is 0.416 e. The topological polar surface area (TPSA) is 47.9 Å². The van der Waals surface area contributed by atoms with Gasteiger partial charge in [0.2, 0.25) is 0 Å². The lowest BCUT2D eigenvalue weighted by atomic mass is 10.0. The van der Waals surface area contributed by atoms with Crippen molar-refractivity contribution >= 4 is 32.7 Å². The summed E-state index contributed by atoms with van der Waals surface area (Å²) in [5, 5.41) is 12.8. The number of rotatable bonds is 6. The van der Waals surface area contributed by atoms with Gasteiger partial charge in [-0.3, -0.25) is 5.41 Å². The highest BCUT2D eigenvalue weighted by Gasteiger charge is 2.32. The minimum Gasteiger partial charge on any atom is -0.374 e. The molecule has 0 bridgehead atoms. The molecule has 8 heteroatoms. The molecule has 1 aromatic rings. The van der Waals surface area contributed by atoms with Crippen molar-refractivity contribution in [1.29, 1.82) is 5.41 Å². The molecule has 1 aromatic carbocycles. The summed E-state index contributed by atoms with van der Waals surface area (Å²) >= 11 is 8.65. The first kappa shape index (κ1) is 17.8. The van der Waals surface area contributed by atoms with Crippen molar-refractivity contribution in [2.75, 3.05) is 13.6 Å². The maximum Gasteiger partial charge on any atom is 0.416 e. The highest BCUT2D eigenvalue weighted by atomic mass is 79.9. The van der Waals surface area contributed by atoms with Crippen LogP contribution >= 0.6 is 27.5 Å². The minimum absolute atomic E-state index is 0.191. The van der Waals surface area contributed by atoms with Crippen molar-refractivity contribution in [1.82, 2.24) is 10.6 Å². The van der Waals surface area contributed by atoms with Crippen molar-refractivity contribution in [3.8, 4) is 0 Å². The molecule has 0 saturated carbocycles. The molecule has 21 heavy (non-hydrogen) atoms. The van der Waals surface area contributed by atoms with Crippen LogP contribution in [0.4, 0.5) is 13.2 Å². The van der Waals surface area contributed by atoms with Gasteiger partial charge in [-0.05, 0) is 34.0 Å². The summed E-state index contributed by atoms with van der Waals surface area (Å²) < 4.78 is 38.8. The van der Waals surface area contributed by atoms with E-state index in [-0.39, 0.29) is 23.7 Å². The van der Waals surface area contributed by atoms with Crippen molar-refractivity contribution in [2.24, 2.45) is 0 Å². The Balaban J connectivity index is 2.78. The average molecular weight is 385 g/mol. The molecule has 0 spiro atoms. The Kier molecular flexibility index (Phi) is 6.54. The van der Waals surface area contributed by atoms with Crippen LogP contribution in [0.5, 0.6) is 0 Å². The number of nitrogens with one attached hydrogen (secondary N) is 3. The molecule has 0 saturated heterocycles. The van der Waals surface area contributed by atoms with Gasteiger partial charge in [0.15, 0.2) is 0 Å². The summed E-state index contributed by atoms with van der Waals surface area (Å²) in [6.07, 6.45) is -4.17. The number of allylic oxidation sites excluding steroid dienone is 1. The Hall–Kier alpha value is -1.21. The second-order valence-corrected chi connectivity index (χ2v) is 5.26. The van der Waals surface area contributed by atoms with Gasteiger partial charge < -0.3 is 10.6 Å². The highest BCUT2D eigenvalue weighted by Crippen LogP contribution is 2.31. The van der Waals surface area contributed by atoms with Crippen LogP contribution in [-0.4, -0.2) is 18.8 Å². The molecule has 0 amide bonds. The van der Waals surface area contributed by atoms with E-state index in [2.05, 4.69) is 26.6 Å². The zero-order valence-electron chi connectivity index (χ0n) is 11.1. The fraction of sp³-hybridized carbons (Fsp3) is 0.308. The van der Waals surface area contributed by atoms with E-state index in [4.69, 9.17) is 17.0 Å². The lowest BCUT2D eigenvalue weighted by Gasteiger charge is -2.15. The van der Waals surface area contributed by atoms with Gasteiger partial charge in [-0.1, -0.05) is 29.8 Å². The van der Waals surface area contributed by atoms with E-state index in [1.807, 2.05) is 0 Å². The first-order chi connectivity index (χ1) is 9.77. The van der Waals surface area contributed by atoms with Crippen LogP contribution in [-0.2, 0) is 12.6 Å². The lowest BCUT2D eigenvalue weighted by molar-refractivity contribution is -0.138. The second-order valence-electron chi connectivity index (χ2n) is 4.08. The van der Waals surface area contributed by atoms with Crippen LogP contribution in [0.15, 0.2) is 34.6 Å². The minimum atomic E-state index is -4.36. The van der Waals surface area contributed by atoms with Gasteiger partial charge in [-0.25, -0.2) is 0 Å². The summed E-state index contributed by atoms with van der Waals surface area (Å²) in [4.78, 5) is 0. The number of halogens is 5. The van der Waals surface area contributed by atoms with Crippen molar-refractivity contribution in [3.63, 3.8) is 0 Å². The average Bonchev–Trinajstić information content (AvgIpc) is 2.42. The molecule has 0 fully saturated rings. The molecule has 3 N–H and O–H groups in total. The Labute approximate surface area is 134 Å². The smallest absolute Gasteiger partial charge is 0.374 e. The highest BCUT2D eigenvalue weighted by molar-refractivity contribution is 9.12. The molecular formula is C13H14BrClF3N3. The molecular weight excluding hydrogens is 371 g/mol. The lowest BCUT2D eigenvalue weighted by Crippen LogP contribution is -2.27. The molecule has 0 atom stereocenters. The van der Waals surface area contributed by atoms with E-state index in [0.717, 1.165) is 6.07 Å². The number of alkyl halides is 3. The molecule has 0 aromatic heterocycles. The molecule has 0 unspecified atom stereocenters. The van der Waals surface area contributed by atoms with E-state index < -0.39 is 11.7 Å². The molecule has 0 aliphatic carbocycles. The Morgan fingerprint density at radius 1 is 1.33 bits per heavy atom. The molecule has 0 radical (unpaired) electrons. The third kappa shape index (κ3) is 5.24. The van der Waals surface area contributed by atoms with Gasteiger partial charge >= 0.3 is 6.18 Å². The summed E-state index contributed by atoms with van der Waals surface area (Å²) in [5.41, 5.74) is -0.420. The monoisotopic (exact) mass is 383 g/mol. The van der Waals surface area contributed by atoms with Crippen LogP contribution in [0.2, 0.25) is 0 Å². The summed E-state index contributed by atoms with van der Waals surface area (Å²) in [7, 11) is 1.62. The van der Waals surface area contributed by atoms with Crippen LogP contribution < -0.4 is 10.6 Å². The predicted molar refractivity (Wildman–Crippen MR) is 81.7 cm³/mol. The van der Waals surface area contributed by atoms with E-state index in [9.17, 15) is 13.2 Å². The normalized spacial score (nSPS) is 12.7. The summed E-state index contributed by atoms with van der Waals surface area (Å²) in [6.45, 7) is 0.266. The maximum absolute atomic E-state index is 12.8. The van der Waals surface area contributed by atoms with E-state index >= 15 is 0 Å². The summed E-state index contributed by atoms with van der Waals surface area (Å²) in [6, 6.07) is 5.45. The maximum atomic E-state index is 12.8. The summed E-state index contributed by atoms with van der Waals surface area (Å²) in [5.74, 6) is 0.444. The Bertz CT molecular complexity index is 544. The fourth-order valence-corrected chi connectivity index (χ4v) is 2.16. The van der Waals surface area contributed by atoms with Crippen molar-refractivity contribution < 1.29 is 13.2 Å². The predicted octanol–water partition coefficient (Wildman–Crippen LogP) is 3.84. The molecule has 0 aliphatic heterocycles. The van der Waals surface area contributed by atoms with Gasteiger partial charge in [0, 0.05) is 13.6 Å².